The molecule has 32 heavy (non-hydrogen) atoms. The topological polar surface area (TPSA) is 85.8 Å². The summed E-state index contributed by atoms with van der Waals surface area (Å²) in [6, 6.07) is 7.42. The standard InChI is InChI=1S/C24H30N4O4/c1-16-11-18(26-22(29)17-12-19(13-17)30-2)3-4-20(16)32-21-5-8-25-23(27-21)28-9-6-24(14-28)7-10-31-15-24/h3-5,8,11,17,19H,6-7,9-10,12-15H2,1-2H3,(H,26,29). The molecule has 1 N–H and O–H groups in total. The third-order valence-electron chi connectivity index (χ3n) is 6.98. The summed E-state index contributed by atoms with van der Waals surface area (Å²) in [5, 5.41) is 3.00. The summed E-state index contributed by atoms with van der Waals surface area (Å²) in [5.74, 6) is 1.98. The molecule has 1 amide bonds. The van der Waals surface area contributed by atoms with Crippen LogP contribution < -0.4 is 15.0 Å². The number of nitrogens with one attached hydrogen (secondary N) is 1. The molecule has 1 saturated carbocycles. The molecule has 8 heteroatoms. The van der Waals surface area contributed by atoms with Crippen molar-refractivity contribution in [3.63, 3.8) is 0 Å². The summed E-state index contributed by atoms with van der Waals surface area (Å²) in [4.78, 5) is 23.7. The lowest BCUT2D eigenvalue weighted by molar-refractivity contribution is -0.127. The number of nitrogens with zero attached hydrogens (tertiary/aromatic N) is 3. The lowest BCUT2D eigenvalue weighted by Crippen LogP contribution is -2.38. The fourth-order valence-corrected chi connectivity index (χ4v) is 4.79. The maximum atomic E-state index is 12.4. The highest BCUT2D eigenvalue weighted by molar-refractivity contribution is 5.93. The van der Waals surface area contributed by atoms with Gasteiger partial charge < -0.3 is 24.4 Å². The van der Waals surface area contributed by atoms with Crippen LogP contribution in [0.2, 0.25) is 0 Å². The van der Waals surface area contributed by atoms with Crippen LogP contribution in [-0.4, -0.2) is 55.4 Å². The van der Waals surface area contributed by atoms with E-state index in [9.17, 15) is 4.79 Å². The lowest BCUT2D eigenvalue weighted by Gasteiger charge is -2.32. The van der Waals surface area contributed by atoms with Gasteiger partial charge in [0.25, 0.3) is 0 Å². The van der Waals surface area contributed by atoms with Gasteiger partial charge in [0.05, 0.1) is 12.7 Å². The first-order valence-electron chi connectivity index (χ1n) is 11.3. The molecule has 2 aromatic rings. The van der Waals surface area contributed by atoms with Crippen molar-refractivity contribution >= 4 is 17.5 Å². The molecule has 2 aliphatic heterocycles. The fraction of sp³-hybridized carbons (Fsp3) is 0.542. The van der Waals surface area contributed by atoms with Crippen molar-refractivity contribution in [1.82, 2.24) is 9.97 Å². The summed E-state index contributed by atoms with van der Waals surface area (Å²) < 4.78 is 16.9. The van der Waals surface area contributed by atoms with Crippen molar-refractivity contribution < 1.29 is 19.0 Å². The van der Waals surface area contributed by atoms with E-state index in [0.717, 1.165) is 63.2 Å². The first-order chi connectivity index (χ1) is 15.5. The molecule has 1 unspecified atom stereocenters. The van der Waals surface area contributed by atoms with Gasteiger partial charge in [-0.1, -0.05) is 0 Å². The first-order valence-corrected chi connectivity index (χ1v) is 11.3. The van der Waals surface area contributed by atoms with Gasteiger partial charge in [-0.15, -0.1) is 0 Å². The number of amides is 1. The molecule has 3 aliphatic rings. The zero-order chi connectivity index (χ0) is 22.1. The van der Waals surface area contributed by atoms with Crippen LogP contribution in [0.15, 0.2) is 30.5 Å². The molecule has 0 radical (unpaired) electrons. The molecule has 170 valence electrons. The second-order valence-corrected chi connectivity index (χ2v) is 9.27. The van der Waals surface area contributed by atoms with Crippen molar-refractivity contribution in [2.24, 2.45) is 11.3 Å². The van der Waals surface area contributed by atoms with E-state index in [0.29, 0.717) is 17.6 Å². The lowest BCUT2D eigenvalue weighted by atomic mass is 9.81. The molecule has 2 saturated heterocycles. The third-order valence-corrected chi connectivity index (χ3v) is 6.98. The van der Waals surface area contributed by atoms with Gasteiger partial charge >= 0.3 is 0 Å². The zero-order valence-electron chi connectivity index (χ0n) is 18.7. The minimum absolute atomic E-state index is 0.0242. The van der Waals surface area contributed by atoms with E-state index >= 15 is 0 Å². The number of aromatic nitrogens is 2. The molecule has 8 nitrogen and oxygen atoms in total. The maximum absolute atomic E-state index is 12.4. The van der Waals surface area contributed by atoms with Gasteiger partial charge in [-0.2, -0.15) is 4.98 Å². The van der Waals surface area contributed by atoms with Gasteiger partial charge in [0.2, 0.25) is 17.7 Å². The van der Waals surface area contributed by atoms with Gasteiger partial charge in [0.1, 0.15) is 5.75 Å². The number of carbonyl (C=O) groups is 1. The van der Waals surface area contributed by atoms with Crippen LogP contribution in [0, 0.1) is 18.3 Å². The Morgan fingerprint density at radius 2 is 2.16 bits per heavy atom. The highest BCUT2D eigenvalue weighted by Crippen LogP contribution is 2.39. The molecule has 1 aliphatic carbocycles. The third kappa shape index (κ3) is 4.29. The minimum Gasteiger partial charge on any atom is -0.439 e. The SMILES string of the molecule is COC1CC(C(=O)Nc2ccc(Oc3ccnc(N4CCC5(CCOC5)C4)n3)c(C)c2)C1. The van der Waals surface area contributed by atoms with Gasteiger partial charge in [-0.05, 0) is 56.4 Å². The van der Waals surface area contributed by atoms with E-state index in [1.807, 2.05) is 25.1 Å². The summed E-state index contributed by atoms with van der Waals surface area (Å²) >= 11 is 0. The van der Waals surface area contributed by atoms with Crippen LogP contribution in [0.3, 0.4) is 0 Å². The Morgan fingerprint density at radius 3 is 2.91 bits per heavy atom. The van der Waals surface area contributed by atoms with Crippen molar-refractivity contribution in [2.75, 3.05) is 43.6 Å². The van der Waals surface area contributed by atoms with Crippen molar-refractivity contribution in [3.8, 4) is 11.6 Å². The number of benzene rings is 1. The Labute approximate surface area is 188 Å². The molecule has 1 atom stereocenters. The van der Waals surface area contributed by atoms with Gasteiger partial charge in [0, 0.05) is 56.1 Å². The van der Waals surface area contributed by atoms with Gasteiger partial charge in [0.15, 0.2) is 0 Å². The number of methoxy groups -OCH3 is 1. The van der Waals surface area contributed by atoms with Crippen LogP contribution in [-0.2, 0) is 14.3 Å². The highest BCUT2D eigenvalue weighted by Gasteiger charge is 2.42. The molecule has 3 fully saturated rings. The molecule has 1 spiro atoms. The van der Waals surface area contributed by atoms with Crippen molar-refractivity contribution in [2.45, 2.75) is 38.7 Å². The Balaban J connectivity index is 1.22. The second-order valence-electron chi connectivity index (χ2n) is 9.27. The number of carbonyl (C=O) groups excluding carboxylic acids is 1. The number of rotatable bonds is 6. The fourth-order valence-electron chi connectivity index (χ4n) is 4.79. The van der Waals surface area contributed by atoms with Crippen LogP contribution in [0.5, 0.6) is 11.6 Å². The summed E-state index contributed by atoms with van der Waals surface area (Å²) in [6.45, 7) is 5.50. The molecule has 3 heterocycles. The average Bonchev–Trinajstić information content (AvgIpc) is 3.39. The Hall–Kier alpha value is -2.71. The Morgan fingerprint density at radius 1 is 1.28 bits per heavy atom. The molecule has 1 aromatic heterocycles. The molecular formula is C24H30N4O4. The highest BCUT2D eigenvalue weighted by atomic mass is 16.5. The van der Waals surface area contributed by atoms with E-state index < -0.39 is 0 Å². The molecule has 5 rings (SSSR count). The zero-order valence-corrected chi connectivity index (χ0v) is 18.7. The quantitative estimate of drug-likeness (QED) is 0.738. The summed E-state index contributed by atoms with van der Waals surface area (Å²) in [7, 11) is 1.69. The molecule has 1 aromatic carbocycles. The van der Waals surface area contributed by atoms with Crippen LogP contribution in [0.25, 0.3) is 0 Å². The normalized spacial score (nSPS) is 26.9. The van der Waals surface area contributed by atoms with Crippen LogP contribution in [0.4, 0.5) is 11.6 Å². The van der Waals surface area contributed by atoms with Crippen molar-refractivity contribution in [3.05, 3.63) is 36.0 Å². The molecular weight excluding hydrogens is 408 g/mol. The average molecular weight is 439 g/mol. The monoisotopic (exact) mass is 438 g/mol. The van der Waals surface area contributed by atoms with E-state index in [2.05, 4.69) is 20.2 Å². The van der Waals surface area contributed by atoms with Gasteiger partial charge in [-0.25, -0.2) is 4.98 Å². The van der Waals surface area contributed by atoms with E-state index in [1.165, 1.54) is 0 Å². The second kappa shape index (κ2) is 8.67. The number of aryl methyl sites for hydroxylation is 1. The van der Waals surface area contributed by atoms with E-state index in [4.69, 9.17) is 14.2 Å². The Kier molecular flexibility index (Phi) is 5.73. The van der Waals surface area contributed by atoms with Gasteiger partial charge in [-0.3, -0.25) is 4.79 Å². The van der Waals surface area contributed by atoms with Crippen molar-refractivity contribution in [1.29, 1.82) is 0 Å². The van der Waals surface area contributed by atoms with E-state index in [-0.39, 0.29) is 23.3 Å². The number of hydrogen-bond acceptors (Lipinski definition) is 7. The maximum Gasteiger partial charge on any atom is 0.228 e. The summed E-state index contributed by atoms with van der Waals surface area (Å²) in [6.07, 6.45) is 5.73. The number of ether oxygens (including phenoxy) is 3. The minimum atomic E-state index is 0.0242. The first kappa shape index (κ1) is 21.2. The summed E-state index contributed by atoms with van der Waals surface area (Å²) in [5.41, 5.74) is 1.95. The smallest absolute Gasteiger partial charge is 0.228 e. The van der Waals surface area contributed by atoms with Crippen LogP contribution >= 0.6 is 0 Å². The van der Waals surface area contributed by atoms with Crippen LogP contribution in [0.1, 0.15) is 31.2 Å². The molecule has 0 bridgehead atoms. The Bertz CT molecular complexity index is 986. The predicted molar refractivity (Wildman–Crippen MR) is 120 cm³/mol. The largest absolute Gasteiger partial charge is 0.439 e. The predicted octanol–water partition coefficient (Wildman–Crippen LogP) is 3.56. The number of anilines is 2. The number of hydrogen-bond donors (Lipinski definition) is 1. The van der Waals surface area contributed by atoms with E-state index in [1.54, 1.807) is 19.4 Å².